The molecule has 1 aromatic rings. The maximum atomic E-state index is 4.64. The summed E-state index contributed by atoms with van der Waals surface area (Å²) in [5, 5.41) is 3.61. The van der Waals surface area contributed by atoms with Crippen molar-refractivity contribution in [1.82, 2.24) is 9.97 Å². The lowest BCUT2D eigenvalue weighted by Crippen LogP contribution is -2.20. The Morgan fingerprint density at radius 3 is 2.39 bits per heavy atom. The summed E-state index contributed by atoms with van der Waals surface area (Å²) in [6.45, 7) is 6.33. The zero-order valence-electron chi connectivity index (χ0n) is 11.9. The lowest BCUT2D eigenvalue weighted by atomic mass is 10.1. The number of hydrogen-bond acceptors (Lipinski definition) is 3. The van der Waals surface area contributed by atoms with Crippen molar-refractivity contribution < 1.29 is 0 Å². The molecule has 1 saturated carbocycles. The average Bonchev–Trinajstić information content (AvgIpc) is 2.57. The third-order valence-corrected chi connectivity index (χ3v) is 3.60. The van der Waals surface area contributed by atoms with Crippen LogP contribution in [0.1, 0.15) is 69.8 Å². The van der Waals surface area contributed by atoms with Gasteiger partial charge in [-0.25, -0.2) is 9.97 Å². The van der Waals surface area contributed by atoms with Crippen LogP contribution in [0, 0.1) is 6.92 Å². The van der Waals surface area contributed by atoms with Crippen molar-refractivity contribution in [2.75, 3.05) is 5.32 Å². The van der Waals surface area contributed by atoms with Gasteiger partial charge in [0.25, 0.3) is 0 Å². The molecule has 1 aliphatic rings. The number of anilines is 1. The molecule has 1 N–H and O–H groups in total. The topological polar surface area (TPSA) is 37.8 Å². The summed E-state index contributed by atoms with van der Waals surface area (Å²) in [6.07, 6.45) is 8.02. The van der Waals surface area contributed by atoms with E-state index >= 15 is 0 Å². The smallest absolute Gasteiger partial charge is 0.133 e. The van der Waals surface area contributed by atoms with E-state index in [2.05, 4.69) is 35.2 Å². The van der Waals surface area contributed by atoms with Crippen molar-refractivity contribution in [1.29, 1.82) is 0 Å². The molecule has 0 amide bonds. The van der Waals surface area contributed by atoms with E-state index in [4.69, 9.17) is 0 Å². The van der Waals surface area contributed by atoms with Crippen LogP contribution < -0.4 is 5.32 Å². The maximum absolute atomic E-state index is 4.64. The molecule has 1 aliphatic carbocycles. The predicted octanol–water partition coefficient (Wildman–Crippen LogP) is 4.04. The van der Waals surface area contributed by atoms with Gasteiger partial charge in [0.2, 0.25) is 0 Å². The molecular formula is C15H25N3. The van der Waals surface area contributed by atoms with Gasteiger partial charge >= 0.3 is 0 Å². The minimum absolute atomic E-state index is 0.389. The number of aromatic nitrogens is 2. The Bertz CT molecular complexity index is 379. The highest BCUT2D eigenvalue weighted by Crippen LogP contribution is 2.21. The highest BCUT2D eigenvalue weighted by Gasteiger charge is 2.13. The van der Waals surface area contributed by atoms with Crippen LogP contribution in [0.4, 0.5) is 5.82 Å². The molecular weight excluding hydrogens is 222 g/mol. The van der Waals surface area contributed by atoms with E-state index in [1.807, 2.05) is 6.92 Å². The molecule has 2 rings (SSSR count). The van der Waals surface area contributed by atoms with Crippen LogP contribution in [0.5, 0.6) is 0 Å². The zero-order valence-corrected chi connectivity index (χ0v) is 11.9. The summed E-state index contributed by atoms with van der Waals surface area (Å²) in [7, 11) is 0. The Morgan fingerprint density at radius 2 is 1.78 bits per heavy atom. The van der Waals surface area contributed by atoms with Gasteiger partial charge in [0.15, 0.2) is 0 Å². The summed E-state index contributed by atoms with van der Waals surface area (Å²) in [4.78, 5) is 9.13. The molecule has 3 heteroatoms. The Labute approximate surface area is 110 Å². The van der Waals surface area contributed by atoms with Gasteiger partial charge in [-0.3, -0.25) is 0 Å². The fourth-order valence-corrected chi connectivity index (χ4v) is 2.56. The molecule has 0 bridgehead atoms. The van der Waals surface area contributed by atoms with Gasteiger partial charge in [0, 0.05) is 23.7 Å². The van der Waals surface area contributed by atoms with Crippen LogP contribution in [-0.4, -0.2) is 16.0 Å². The van der Waals surface area contributed by atoms with Gasteiger partial charge in [-0.15, -0.1) is 0 Å². The summed E-state index contributed by atoms with van der Waals surface area (Å²) < 4.78 is 0. The number of nitrogens with one attached hydrogen (secondary N) is 1. The second kappa shape index (κ2) is 6.17. The van der Waals surface area contributed by atoms with Gasteiger partial charge in [-0.2, -0.15) is 0 Å². The van der Waals surface area contributed by atoms with Crippen LogP contribution in [0.2, 0.25) is 0 Å². The van der Waals surface area contributed by atoms with Crippen LogP contribution in [-0.2, 0) is 0 Å². The summed E-state index contributed by atoms with van der Waals surface area (Å²) in [5.74, 6) is 2.35. The Hall–Kier alpha value is -1.12. The summed E-state index contributed by atoms with van der Waals surface area (Å²) >= 11 is 0. The third kappa shape index (κ3) is 3.69. The minimum Gasteiger partial charge on any atom is -0.367 e. The lowest BCUT2D eigenvalue weighted by molar-refractivity contribution is 0.615. The van der Waals surface area contributed by atoms with Crippen LogP contribution >= 0.6 is 0 Å². The number of rotatable bonds is 3. The first kappa shape index (κ1) is 13.3. The molecule has 100 valence electrons. The van der Waals surface area contributed by atoms with Crippen molar-refractivity contribution in [3.05, 3.63) is 17.6 Å². The average molecular weight is 247 g/mol. The van der Waals surface area contributed by atoms with Crippen molar-refractivity contribution in [2.45, 2.75) is 71.3 Å². The molecule has 1 heterocycles. The second-order valence-electron chi connectivity index (χ2n) is 5.74. The van der Waals surface area contributed by atoms with Gasteiger partial charge in [0.1, 0.15) is 11.6 Å². The Morgan fingerprint density at radius 1 is 1.11 bits per heavy atom. The highest BCUT2D eigenvalue weighted by molar-refractivity contribution is 5.37. The van der Waals surface area contributed by atoms with Crippen LogP contribution in [0.15, 0.2) is 6.07 Å². The van der Waals surface area contributed by atoms with Gasteiger partial charge in [0.05, 0.1) is 0 Å². The molecule has 0 unspecified atom stereocenters. The predicted molar refractivity (Wildman–Crippen MR) is 76.0 cm³/mol. The third-order valence-electron chi connectivity index (χ3n) is 3.60. The van der Waals surface area contributed by atoms with E-state index in [0.717, 1.165) is 17.3 Å². The minimum atomic E-state index is 0.389. The standard InChI is InChI=1S/C15H25N3/c1-11(2)15-16-12(3)10-14(18-15)17-13-8-6-4-5-7-9-13/h10-11,13H,4-9H2,1-3H3,(H,16,17,18). The Balaban J connectivity index is 2.07. The number of hydrogen-bond donors (Lipinski definition) is 1. The van der Waals surface area contributed by atoms with Crippen molar-refractivity contribution >= 4 is 5.82 Å². The summed E-state index contributed by atoms with van der Waals surface area (Å²) in [6, 6.07) is 2.67. The summed E-state index contributed by atoms with van der Waals surface area (Å²) in [5.41, 5.74) is 1.06. The lowest BCUT2D eigenvalue weighted by Gasteiger charge is -2.18. The van der Waals surface area contributed by atoms with E-state index in [1.54, 1.807) is 0 Å². The second-order valence-corrected chi connectivity index (χ2v) is 5.74. The zero-order chi connectivity index (χ0) is 13.0. The molecule has 0 aliphatic heterocycles. The number of aryl methyl sites for hydroxylation is 1. The van der Waals surface area contributed by atoms with Gasteiger partial charge in [-0.1, -0.05) is 39.5 Å². The van der Waals surface area contributed by atoms with E-state index in [0.29, 0.717) is 12.0 Å². The first-order valence-corrected chi connectivity index (χ1v) is 7.27. The Kier molecular flexibility index (Phi) is 4.56. The first-order valence-electron chi connectivity index (χ1n) is 7.27. The van der Waals surface area contributed by atoms with Crippen molar-refractivity contribution in [3.63, 3.8) is 0 Å². The molecule has 0 saturated heterocycles. The molecule has 0 atom stereocenters. The molecule has 3 nitrogen and oxygen atoms in total. The monoisotopic (exact) mass is 247 g/mol. The van der Waals surface area contributed by atoms with Gasteiger partial charge in [-0.05, 0) is 19.8 Å². The molecule has 18 heavy (non-hydrogen) atoms. The van der Waals surface area contributed by atoms with E-state index in [9.17, 15) is 0 Å². The first-order chi connectivity index (χ1) is 8.65. The van der Waals surface area contributed by atoms with E-state index in [-0.39, 0.29) is 0 Å². The van der Waals surface area contributed by atoms with E-state index < -0.39 is 0 Å². The van der Waals surface area contributed by atoms with Crippen LogP contribution in [0.3, 0.4) is 0 Å². The van der Waals surface area contributed by atoms with Crippen LogP contribution in [0.25, 0.3) is 0 Å². The maximum Gasteiger partial charge on any atom is 0.133 e. The molecule has 0 radical (unpaired) electrons. The molecule has 1 fully saturated rings. The molecule has 1 aromatic heterocycles. The molecule has 0 aromatic carbocycles. The normalized spacial score (nSPS) is 17.8. The fourth-order valence-electron chi connectivity index (χ4n) is 2.56. The molecule has 0 spiro atoms. The largest absolute Gasteiger partial charge is 0.367 e. The van der Waals surface area contributed by atoms with E-state index in [1.165, 1.54) is 38.5 Å². The highest BCUT2D eigenvalue weighted by atomic mass is 15.1. The number of nitrogens with zero attached hydrogens (tertiary/aromatic N) is 2. The quantitative estimate of drug-likeness (QED) is 0.819. The SMILES string of the molecule is Cc1cc(NC2CCCCCC2)nc(C(C)C)n1. The van der Waals surface area contributed by atoms with Crippen molar-refractivity contribution in [2.24, 2.45) is 0 Å². The van der Waals surface area contributed by atoms with Gasteiger partial charge < -0.3 is 5.32 Å². The van der Waals surface area contributed by atoms with Crippen molar-refractivity contribution in [3.8, 4) is 0 Å². The fraction of sp³-hybridized carbons (Fsp3) is 0.733.